The van der Waals surface area contributed by atoms with Crippen LogP contribution in [0.2, 0.25) is 9.95 Å². The molecule has 4 heteroatoms. The van der Waals surface area contributed by atoms with Crippen molar-refractivity contribution in [1.82, 2.24) is 0 Å². The molecule has 0 radical (unpaired) electrons. The Hall–Kier alpha value is 0.174. The molecule has 0 spiro atoms. The predicted octanol–water partition coefficient (Wildman–Crippen LogP) is 2.28. The molecule has 0 heterocycles. The van der Waals surface area contributed by atoms with Crippen molar-refractivity contribution in [2.75, 3.05) is 20.8 Å². The van der Waals surface area contributed by atoms with Gasteiger partial charge in [-0.1, -0.05) is 0 Å². The van der Waals surface area contributed by atoms with E-state index in [9.17, 15) is 0 Å². The van der Waals surface area contributed by atoms with Crippen LogP contribution in [-0.4, -0.2) is 20.8 Å². The quantitative estimate of drug-likeness (QED) is 0.497. The van der Waals surface area contributed by atoms with Gasteiger partial charge in [0.1, 0.15) is 0 Å². The Balaban J connectivity index is 3.65. The molecular formula is C8H18O3Ti. The van der Waals surface area contributed by atoms with Gasteiger partial charge in [0.2, 0.25) is 0 Å². The van der Waals surface area contributed by atoms with Gasteiger partial charge in [0.25, 0.3) is 0 Å². The van der Waals surface area contributed by atoms with Gasteiger partial charge in [0, 0.05) is 0 Å². The van der Waals surface area contributed by atoms with Gasteiger partial charge in [-0.3, -0.25) is 0 Å². The molecule has 12 heavy (non-hydrogen) atoms. The minimum atomic E-state index is -2.41. The molecule has 3 nitrogen and oxygen atoms in total. The summed E-state index contributed by atoms with van der Waals surface area (Å²) in [7, 11) is 3.40. The third-order valence-corrected chi connectivity index (χ3v) is 6.20. The molecule has 0 aliphatic carbocycles. The van der Waals surface area contributed by atoms with Crippen LogP contribution in [-0.2, 0) is 28.7 Å². The van der Waals surface area contributed by atoms with Gasteiger partial charge >= 0.3 is 78.8 Å². The maximum absolute atomic E-state index is 5.32. The molecule has 0 aromatic heterocycles. The fraction of sp³-hybridized carbons (Fsp3) is 0.750. The zero-order valence-corrected chi connectivity index (χ0v) is 9.91. The first kappa shape index (κ1) is 12.2. The molecule has 0 saturated heterocycles. The fourth-order valence-corrected chi connectivity index (χ4v) is 2.33. The predicted molar refractivity (Wildman–Crippen MR) is 45.5 cm³/mol. The Bertz CT molecular complexity index is 143. The van der Waals surface area contributed by atoms with Crippen molar-refractivity contribution in [3.05, 3.63) is 12.3 Å². The van der Waals surface area contributed by atoms with Gasteiger partial charge < -0.3 is 0 Å². The number of rotatable bonds is 6. The van der Waals surface area contributed by atoms with Gasteiger partial charge in [-0.2, -0.15) is 0 Å². The van der Waals surface area contributed by atoms with E-state index in [2.05, 4.69) is 11.8 Å². The first-order valence-electron chi connectivity index (χ1n) is 3.92. The number of hydrogen-bond acceptors (Lipinski definition) is 3. The van der Waals surface area contributed by atoms with Gasteiger partial charge in [-0.15, -0.1) is 0 Å². The molecule has 0 aromatic carbocycles. The van der Waals surface area contributed by atoms with Crippen molar-refractivity contribution in [2.24, 2.45) is 0 Å². The SMILES string of the molecule is C=C(C)OC[CH2][Ti]([CH3])([O]C)[O]C. The van der Waals surface area contributed by atoms with Crippen LogP contribution in [0.25, 0.3) is 0 Å². The Morgan fingerprint density at radius 2 is 1.83 bits per heavy atom. The van der Waals surface area contributed by atoms with E-state index >= 15 is 0 Å². The standard InChI is InChI=1S/C5H9O.2CH3O.CH3.Ti/c1-4-6-5(2)3;2*1-2;;/h1-2,4H2,3H3;2*1H3;1H3;/q;2*-1;;+2. The van der Waals surface area contributed by atoms with Gasteiger partial charge in [0.15, 0.2) is 0 Å². The summed E-state index contributed by atoms with van der Waals surface area (Å²) in [6.45, 7) is 6.13. The molecule has 0 saturated carbocycles. The summed E-state index contributed by atoms with van der Waals surface area (Å²) in [4.78, 5) is 0. The molecular weight excluding hydrogens is 192 g/mol. The Morgan fingerprint density at radius 3 is 2.17 bits per heavy atom. The first-order valence-corrected chi connectivity index (χ1v) is 7.87. The molecule has 0 unspecified atom stereocenters. The van der Waals surface area contributed by atoms with Crippen molar-refractivity contribution in [3.8, 4) is 0 Å². The van der Waals surface area contributed by atoms with Crippen LogP contribution in [0.5, 0.6) is 0 Å². The summed E-state index contributed by atoms with van der Waals surface area (Å²) in [6.07, 6.45) is 0. The topological polar surface area (TPSA) is 27.7 Å². The molecule has 0 aromatic rings. The van der Waals surface area contributed by atoms with Crippen LogP contribution in [0.3, 0.4) is 0 Å². The van der Waals surface area contributed by atoms with Crippen molar-refractivity contribution in [3.63, 3.8) is 0 Å². The van der Waals surface area contributed by atoms with Gasteiger partial charge in [0.05, 0.1) is 0 Å². The van der Waals surface area contributed by atoms with E-state index in [1.165, 1.54) is 0 Å². The summed E-state index contributed by atoms with van der Waals surface area (Å²) in [5.41, 5.74) is 0. The van der Waals surface area contributed by atoms with E-state index < -0.39 is 17.4 Å². The monoisotopic (exact) mass is 210 g/mol. The second-order valence-corrected chi connectivity index (χ2v) is 8.44. The van der Waals surface area contributed by atoms with E-state index in [1.807, 2.05) is 6.92 Å². The molecule has 0 atom stereocenters. The normalized spacial score (nSPS) is 11.3. The van der Waals surface area contributed by atoms with Crippen LogP contribution in [0.1, 0.15) is 6.92 Å². The second kappa shape index (κ2) is 5.76. The fourth-order valence-electron chi connectivity index (χ4n) is 0.698. The third-order valence-electron chi connectivity index (χ3n) is 1.77. The maximum atomic E-state index is 5.32. The Morgan fingerprint density at radius 1 is 1.33 bits per heavy atom. The molecule has 0 bridgehead atoms. The van der Waals surface area contributed by atoms with E-state index in [0.29, 0.717) is 6.61 Å². The van der Waals surface area contributed by atoms with Crippen LogP contribution in [0.15, 0.2) is 12.3 Å². The van der Waals surface area contributed by atoms with Crippen molar-refractivity contribution >= 4 is 0 Å². The molecule has 0 rings (SSSR count). The molecule has 72 valence electrons. The summed E-state index contributed by atoms with van der Waals surface area (Å²) < 4.78 is 16.8. The molecule has 0 N–H and O–H groups in total. The van der Waals surface area contributed by atoms with Crippen LogP contribution < -0.4 is 0 Å². The summed E-state index contributed by atoms with van der Waals surface area (Å²) >= 11 is -2.41. The molecule has 0 amide bonds. The van der Waals surface area contributed by atoms with Crippen LogP contribution >= 0.6 is 0 Å². The average Bonchev–Trinajstić information content (AvgIpc) is 2.03. The zero-order valence-electron chi connectivity index (χ0n) is 8.35. The van der Waals surface area contributed by atoms with Crippen molar-refractivity contribution in [2.45, 2.75) is 16.9 Å². The van der Waals surface area contributed by atoms with Gasteiger partial charge in [-0.05, 0) is 0 Å². The number of hydrogen-bond donors (Lipinski definition) is 0. The minimum absolute atomic E-state index is 0.646. The van der Waals surface area contributed by atoms with Crippen LogP contribution in [0, 0.1) is 0 Å². The van der Waals surface area contributed by atoms with Gasteiger partial charge in [-0.25, -0.2) is 0 Å². The Kier molecular flexibility index (Phi) is 5.84. The summed E-state index contributed by atoms with van der Waals surface area (Å²) in [6, 6.07) is 0. The number of ether oxygens (including phenoxy) is 1. The first-order chi connectivity index (χ1) is 5.54. The van der Waals surface area contributed by atoms with Crippen molar-refractivity contribution in [1.29, 1.82) is 0 Å². The van der Waals surface area contributed by atoms with Crippen molar-refractivity contribution < 1.29 is 28.7 Å². The molecule has 0 aliphatic rings. The summed E-state index contributed by atoms with van der Waals surface area (Å²) in [5, 5.41) is 2.06. The number of allylic oxidation sites excluding steroid dienone is 1. The van der Waals surface area contributed by atoms with E-state index in [0.717, 1.165) is 10.5 Å². The van der Waals surface area contributed by atoms with E-state index in [1.54, 1.807) is 14.2 Å². The zero-order chi connectivity index (χ0) is 9.61. The Labute approximate surface area is 79.0 Å². The average molecular weight is 210 g/mol. The summed E-state index contributed by atoms with van der Waals surface area (Å²) in [5.74, 6) is 0.743. The van der Waals surface area contributed by atoms with E-state index in [-0.39, 0.29) is 0 Å². The second-order valence-electron chi connectivity index (χ2n) is 2.84. The third kappa shape index (κ3) is 4.93. The van der Waals surface area contributed by atoms with E-state index in [4.69, 9.17) is 11.4 Å². The molecule has 0 aliphatic heterocycles. The van der Waals surface area contributed by atoms with Crippen LogP contribution in [0.4, 0.5) is 0 Å². The molecule has 0 fully saturated rings.